The summed E-state index contributed by atoms with van der Waals surface area (Å²) >= 11 is 0. The smallest absolute Gasteiger partial charge is 0.0644 e. The third-order valence-corrected chi connectivity index (χ3v) is 4.37. The molecule has 2 aromatic heterocycles. The van der Waals surface area contributed by atoms with Crippen molar-refractivity contribution in [1.82, 2.24) is 19.2 Å². The van der Waals surface area contributed by atoms with Crippen LogP contribution in [0.1, 0.15) is 30.0 Å². The van der Waals surface area contributed by atoms with E-state index in [2.05, 4.69) is 46.1 Å². The molecule has 0 radical (unpaired) electrons. The van der Waals surface area contributed by atoms with Crippen molar-refractivity contribution in [1.29, 1.82) is 0 Å². The van der Waals surface area contributed by atoms with Crippen LogP contribution in [-0.4, -0.2) is 44.1 Å². The molecule has 5 heteroatoms. The minimum absolute atomic E-state index is 0.154. The summed E-state index contributed by atoms with van der Waals surface area (Å²) in [6.45, 7) is 4.06. The second-order valence-corrected chi connectivity index (χ2v) is 5.94. The molecule has 0 saturated carbocycles. The number of hydrogen-bond acceptors (Lipinski definition) is 3. The molecule has 3 rings (SSSR count). The van der Waals surface area contributed by atoms with E-state index in [9.17, 15) is 0 Å². The van der Waals surface area contributed by atoms with Crippen molar-refractivity contribution >= 4 is 0 Å². The molecule has 0 unspecified atom stereocenters. The Kier molecular flexibility index (Phi) is 4.41. The molecular formula is C16H24N4O. The summed E-state index contributed by atoms with van der Waals surface area (Å²) < 4.78 is 4.06. The minimum atomic E-state index is 0.154. The molecule has 21 heavy (non-hydrogen) atoms. The highest BCUT2D eigenvalue weighted by Gasteiger charge is 2.23. The average molecular weight is 288 g/mol. The van der Waals surface area contributed by atoms with E-state index in [1.807, 2.05) is 10.9 Å². The van der Waals surface area contributed by atoms with Gasteiger partial charge in [0.05, 0.1) is 13.2 Å². The van der Waals surface area contributed by atoms with Crippen LogP contribution >= 0.6 is 0 Å². The molecule has 114 valence electrons. The number of hydrogen-bond donors (Lipinski definition) is 1. The van der Waals surface area contributed by atoms with Crippen LogP contribution in [0.2, 0.25) is 0 Å². The zero-order valence-electron chi connectivity index (χ0n) is 12.6. The van der Waals surface area contributed by atoms with Gasteiger partial charge in [-0.25, -0.2) is 0 Å². The van der Waals surface area contributed by atoms with Crippen molar-refractivity contribution in [2.24, 2.45) is 7.05 Å². The lowest BCUT2D eigenvalue weighted by Crippen LogP contribution is -2.33. The van der Waals surface area contributed by atoms with Crippen LogP contribution < -0.4 is 0 Å². The van der Waals surface area contributed by atoms with Crippen molar-refractivity contribution in [2.45, 2.75) is 31.8 Å². The maximum atomic E-state index is 9.10. The van der Waals surface area contributed by atoms with E-state index in [4.69, 9.17) is 5.11 Å². The van der Waals surface area contributed by atoms with E-state index in [1.54, 1.807) is 0 Å². The molecular weight excluding hydrogens is 264 g/mol. The summed E-state index contributed by atoms with van der Waals surface area (Å²) in [6, 6.07) is 4.30. The number of aliphatic hydroxyl groups excluding tert-OH is 1. The van der Waals surface area contributed by atoms with E-state index in [1.165, 1.54) is 24.1 Å². The van der Waals surface area contributed by atoms with E-state index in [0.29, 0.717) is 12.5 Å². The van der Waals surface area contributed by atoms with Crippen LogP contribution in [0.5, 0.6) is 0 Å². The summed E-state index contributed by atoms with van der Waals surface area (Å²) in [5, 5.41) is 13.4. The fraction of sp³-hybridized carbons (Fsp3) is 0.562. The first-order valence-electron chi connectivity index (χ1n) is 7.72. The fourth-order valence-corrected chi connectivity index (χ4v) is 3.27. The lowest BCUT2D eigenvalue weighted by Gasteiger charge is -2.32. The molecule has 3 heterocycles. The highest BCUT2D eigenvalue weighted by Crippen LogP contribution is 2.28. The predicted molar refractivity (Wildman–Crippen MR) is 82.0 cm³/mol. The zero-order chi connectivity index (χ0) is 14.7. The Morgan fingerprint density at radius 3 is 2.76 bits per heavy atom. The Labute approximate surface area is 125 Å². The van der Waals surface area contributed by atoms with Gasteiger partial charge in [-0.3, -0.25) is 9.58 Å². The topological polar surface area (TPSA) is 46.2 Å². The highest BCUT2D eigenvalue weighted by molar-refractivity contribution is 5.12. The van der Waals surface area contributed by atoms with Gasteiger partial charge in [0.25, 0.3) is 0 Å². The van der Waals surface area contributed by atoms with Crippen LogP contribution in [0.4, 0.5) is 0 Å². The maximum absolute atomic E-state index is 9.10. The van der Waals surface area contributed by atoms with Crippen LogP contribution in [0, 0.1) is 0 Å². The molecule has 1 N–H and O–H groups in total. The molecule has 1 fully saturated rings. The first-order valence-corrected chi connectivity index (χ1v) is 7.72. The summed E-state index contributed by atoms with van der Waals surface area (Å²) in [4.78, 5) is 2.53. The number of nitrogens with zero attached hydrogens (tertiary/aromatic N) is 4. The average Bonchev–Trinajstić information content (AvgIpc) is 3.10. The zero-order valence-corrected chi connectivity index (χ0v) is 12.6. The van der Waals surface area contributed by atoms with Crippen LogP contribution in [0.15, 0.2) is 30.7 Å². The largest absolute Gasteiger partial charge is 0.394 e. The quantitative estimate of drug-likeness (QED) is 0.909. The van der Waals surface area contributed by atoms with Gasteiger partial charge in [0.15, 0.2) is 0 Å². The molecule has 0 aromatic carbocycles. The van der Waals surface area contributed by atoms with Gasteiger partial charge in [0, 0.05) is 43.8 Å². The molecule has 2 aromatic rings. The third kappa shape index (κ3) is 3.36. The lowest BCUT2D eigenvalue weighted by atomic mass is 9.93. The third-order valence-electron chi connectivity index (χ3n) is 4.37. The van der Waals surface area contributed by atoms with Gasteiger partial charge in [-0.2, -0.15) is 5.10 Å². The predicted octanol–water partition coefficient (Wildman–Crippen LogP) is 1.59. The standard InChI is InChI=1S/C16H24N4O/c1-18-7-3-14(12-18)13-19-8-4-15(5-9-19)16-2-6-17-20(16)10-11-21/h2-3,6-7,12,15,21H,4-5,8-11,13H2,1H3. The first-order chi connectivity index (χ1) is 10.3. The van der Waals surface area contributed by atoms with Crippen LogP contribution in [-0.2, 0) is 20.1 Å². The van der Waals surface area contributed by atoms with Gasteiger partial charge in [-0.05, 0) is 43.6 Å². The Morgan fingerprint density at radius 2 is 2.10 bits per heavy atom. The lowest BCUT2D eigenvalue weighted by molar-refractivity contribution is 0.199. The van der Waals surface area contributed by atoms with Gasteiger partial charge in [-0.1, -0.05) is 0 Å². The minimum Gasteiger partial charge on any atom is -0.394 e. The molecule has 0 atom stereocenters. The van der Waals surface area contributed by atoms with E-state index in [0.717, 1.165) is 19.6 Å². The second-order valence-electron chi connectivity index (χ2n) is 5.94. The van der Waals surface area contributed by atoms with Crippen LogP contribution in [0.3, 0.4) is 0 Å². The second kappa shape index (κ2) is 6.45. The normalized spacial score (nSPS) is 17.4. The summed E-state index contributed by atoms with van der Waals surface area (Å²) in [5.41, 5.74) is 2.67. The van der Waals surface area contributed by atoms with E-state index in [-0.39, 0.29) is 6.61 Å². The van der Waals surface area contributed by atoms with Gasteiger partial charge in [-0.15, -0.1) is 0 Å². The summed E-state index contributed by atoms with van der Waals surface area (Å²) in [5.74, 6) is 0.575. The Balaban J connectivity index is 1.56. The Bertz CT molecular complexity index is 566. The Hall–Kier alpha value is -1.59. The van der Waals surface area contributed by atoms with Crippen molar-refractivity contribution < 1.29 is 5.11 Å². The van der Waals surface area contributed by atoms with Crippen molar-refractivity contribution in [3.8, 4) is 0 Å². The van der Waals surface area contributed by atoms with Gasteiger partial charge in [0.2, 0.25) is 0 Å². The van der Waals surface area contributed by atoms with Gasteiger partial charge >= 0.3 is 0 Å². The van der Waals surface area contributed by atoms with Crippen molar-refractivity contribution in [3.63, 3.8) is 0 Å². The van der Waals surface area contributed by atoms with E-state index >= 15 is 0 Å². The number of rotatable bonds is 5. The number of aromatic nitrogens is 3. The molecule has 1 aliphatic rings. The summed E-state index contributed by atoms with van der Waals surface area (Å²) in [6.07, 6.45) is 8.49. The molecule has 0 amide bonds. The van der Waals surface area contributed by atoms with Gasteiger partial charge in [0.1, 0.15) is 0 Å². The molecule has 0 bridgehead atoms. The Morgan fingerprint density at radius 1 is 1.29 bits per heavy atom. The molecule has 0 spiro atoms. The van der Waals surface area contributed by atoms with Crippen molar-refractivity contribution in [3.05, 3.63) is 42.0 Å². The monoisotopic (exact) mass is 288 g/mol. The highest BCUT2D eigenvalue weighted by atomic mass is 16.3. The molecule has 0 aliphatic carbocycles. The maximum Gasteiger partial charge on any atom is 0.0644 e. The van der Waals surface area contributed by atoms with E-state index < -0.39 is 0 Å². The van der Waals surface area contributed by atoms with Gasteiger partial charge < -0.3 is 9.67 Å². The molecule has 1 aliphatic heterocycles. The fourth-order valence-electron chi connectivity index (χ4n) is 3.27. The molecule has 5 nitrogen and oxygen atoms in total. The molecule has 1 saturated heterocycles. The van der Waals surface area contributed by atoms with Crippen LogP contribution in [0.25, 0.3) is 0 Å². The van der Waals surface area contributed by atoms with Crippen molar-refractivity contribution in [2.75, 3.05) is 19.7 Å². The summed E-state index contributed by atoms with van der Waals surface area (Å²) in [7, 11) is 2.07. The number of likely N-dealkylation sites (tertiary alicyclic amines) is 1. The first kappa shape index (κ1) is 14.4. The number of aryl methyl sites for hydroxylation is 1. The number of piperidine rings is 1. The SMILES string of the molecule is Cn1ccc(CN2CCC(c3ccnn3CCO)CC2)c1. The number of aliphatic hydroxyl groups is 1.